The molecule has 25 heavy (non-hydrogen) atoms. The molecule has 0 radical (unpaired) electrons. The van der Waals surface area contributed by atoms with E-state index in [1.54, 1.807) is 10.8 Å². The van der Waals surface area contributed by atoms with E-state index in [1.807, 2.05) is 19.1 Å². The third-order valence-electron chi connectivity index (χ3n) is 5.23. The van der Waals surface area contributed by atoms with Crippen molar-refractivity contribution in [2.75, 3.05) is 24.6 Å². The Morgan fingerprint density at radius 3 is 2.92 bits per heavy atom. The Morgan fingerprint density at radius 1 is 1.32 bits per heavy atom. The summed E-state index contributed by atoms with van der Waals surface area (Å²) in [6, 6.07) is 3.97. The Kier molecular flexibility index (Phi) is 4.52. The quantitative estimate of drug-likeness (QED) is 0.892. The maximum atomic E-state index is 12.5. The van der Waals surface area contributed by atoms with Gasteiger partial charge in [0, 0.05) is 25.6 Å². The second-order valence-corrected chi connectivity index (χ2v) is 6.94. The summed E-state index contributed by atoms with van der Waals surface area (Å²) in [5, 5.41) is 15.5. The molecule has 0 unspecified atom stereocenters. The third kappa shape index (κ3) is 3.44. The molecule has 2 aliphatic rings. The lowest BCUT2D eigenvalue weighted by molar-refractivity contribution is -0.127. The van der Waals surface area contributed by atoms with E-state index in [-0.39, 0.29) is 24.0 Å². The van der Waals surface area contributed by atoms with Crippen LogP contribution in [-0.4, -0.2) is 57.6 Å². The summed E-state index contributed by atoms with van der Waals surface area (Å²) in [5.41, 5.74) is 0.737. The smallest absolute Gasteiger partial charge is 0.223 e. The number of ether oxygens (including phenoxy) is 1. The van der Waals surface area contributed by atoms with E-state index in [1.165, 1.54) is 0 Å². The SMILES string of the molecule is C[C@@H](NC(=O)C1CCN(c2ccc3nncn3n2)CC1)[C@@H]1CCCO1. The molecule has 2 fully saturated rings. The second kappa shape index (κ2) is 6.95. The minimum absolute atomic E-state index is 0.0683. The highest BCUT2D eigenvalue weighted by atomic mass is 16.5. The van der Waals surface area contributed by atoms with E-state index in [0.717, 1.165) is 56.8 Å². The average Bonchev–Trinajstić information content (AvgIpc) is 3.32. The van der Waals surface area contributed by atoms with Crippen molar-refractivity contribution in [3.8, 4) is 0 Å². The molecule has 1 amide bonds. The van der Waals surface area contributed by atoms with Crippen LogP contribution in [0.15, 0.2) is 18.5 Å². The molecule has 0 bridgehead atoms. The fourth-order valence-corrected chi connectivity index (χ4v) is 3.69. The van der Waals surface area contributed by atoms with Crippen LogP contribution >= 0.6 is 0 Å². The van der Waals surface area contributed by atoms with Gasteiger partial charge >= 0.3 is 0 Å². The largest absolute Gasteiger partial charge is 0.376 e. The standard InChI is InChI=1S/C17H24N6O2/c1-12(14-3-2-10-25-14)19-17(24)13-6-8-22(9-7-13)16-5-4-15-20-18-11-23(15)21-16/h4-5,11-14H,2-3,6-10H2,1H3,(H,19,24)/t12-,14+/m1/s1. The summed E-state index contributed by atoms with van der Waals surface area (Å²) in [4.78, 5) is 14.7. The van der Waals surface area contributed by atoms with Gasteiger partial charge in [0.2, 0.25) is 5.91 Å². The zero-order chi connectivity index (χ0) is 17.2. The van der Waals surface area contributed by atoms with E-state index in [9.17, 15) is 4.79 Å². The highest BCUT2D eigenvalue weighted by molar-refractivity contribution is 5.79. The Hall–Kier alpha value is -2.22. The Balaban J connectivity index is 1.32. The number of aromatic nitrogens is 4. The molecule has 4 rings (SSSR count). The first kappa shape index (κ1) is 16.3. The Morgan fingerprint density at radius 2 is 2.16 bits per heavy atom. The van der Waals surface area contributed by atoms with E-state index in [0.29, 0.717) is 0 Å². The number of nitrogens with one attached hydrogen (secondary N) is 1. The maximum Gasteiger partial charge on any atom is 0.223 e. The van der Waals surface area contributed by atoms with Gasteiger partial charge in [-0.05, 0) is 44.7 Å². The number of carbonyl (C=O) groups excluding carboxylic acids is 1. The molecular formula is C17H24N6O2. The molecular weight excluding hydrogens is 320 g/mol. The van der Waals surface area contributed by atoms with Crippen LogP contribution in [0.5, 0.6) is 0 Å². The van der Waals surface area contributed by atoms with Crippen molar-refractivity contribution in [3.05, 3.63) is 18.5 Å². The van der Waals surface area contributed by atoms with Crippen molar-refractivity contribution < 1.29 is 9.53 Å². The molecule has 0 aromatic carbocycles. The molecule has 8 heteroatoms. The monoisotopic (exact) mass is 344 g/mol. The average molecular weight is 344 g/mol. The first-order valence-electron chi connectivity index (χ1n) is 9.05. The molecule has 0 spiro atoms. The fourth-order valence-electron chi connectivity index (χ4n) is 3.69. The molecule has 2 aromatic rings. The lowest BCUT2D eigenvalue weighted by Gasteiger charge is -2.33. The van der Waals surface area contributed by atoms with Gasteiger partial charge in [-0.3, -0.25) is 4.79 Å². The van der Waals surface area contributed by atoms with Crippen LogP contribution in [0.25, 0.3) is 5.65 Å². The highest BCUT2D eigenvalue weighted by Gasteiger charge is 2.29. The molecule has 2 atom stereocenters. The molecule has 2 aliphatic heterocycles. The topological polar surface area (TPSA) is 84.7 Å². The van der Waals surface area contributed by atoms with Crippen molar-refractivity contribution >= 4 is 17.4 Å². The third-order valence-corrected chi connectivity index (χ3v) is 5.23. The van der Waals surface area contributed by atoms with Crippen molar-refractivity contribution in [2.24, 2.45) is 5.92 Å². The van der Waals surface area contributed by atoms with Gasteiger partial charge < -0.3 is 15.0 Å². The number of hydrogen-bond acceptors (Lipinski definition) is 6. The van der Waals surface area contributed by atoms with Crippen LogP contribution in [0.3, 0.4) is 0 Å². The number of fused-ring (bicyclic) bond motifs is 1. The summed E-state index contributed by atoms with van der Waals surface area (Å²) in [7, 11) is 0. The molecule has 2 saturated heterocycles. The van der Waals surface area contributed by atoms with E-state index >= 15 is 0 Å². The molecule has 8 nitrogen and oxygen atoms in total. The summed E-state index contributed by atoms with van der Waals surface area (Å²) in [5.74, 6) is 1.13. The molecule has 134 valence electrons. The normalized spacial score (nSPS) is 23.1. The fraction of sp³-hybridized carbons (Fsp3) is 0.647. The number of piperidine rings is 1. The van der Waals surface area contributed by atoms with Crippen molar-refractivity contribution in [1.82, 2.24) is 25.1 Å². The Bertz CT molecular complexity index is 734. The predicted octanol–water partition coefficient (Wildman–Crippen LogP) is 1.02. The summed E-state index contributed by atoms with van der Waals surface area (Å²) < 4.78 is 7.34. The second-order valence-electron chi connectivity index (χ2n) is 6.94. The van der Waals surface area contributed by atoms with Crippen molar-refractivity contribution in [3.63, 3.8) is 0 Å². The summed E-state index contributed by atoms with van der Waals surface area (Å²) >= 11 is 0. The maximum absolute atomic E-state index is 12.5. The van der Waals surface area contributed by atoms with Gasteiger partial charge in [0.1, 0.15) is 12.1 Å². The first-order valence-corrected chi connectivity index (χ1v) is 9.05. The van der Waals surface area contributed by atoms with Gasteiger partial charge in [0.15, 0.2) is 5.65 Å². The number of carbonyl (C=O) groups is 1. The van der Waals surface area contributed by atoms with Crippen molar-refractivity contribution in [1.29, 1.82) is 0 Å². The van der Waals surface area contributed by atoms with Crippen LogP contribution in [0.1, 0.15) is 32.6 Å². The lowest BCUT2D eigenvalue weighted by Crippen LogP contribution is -2.46. The zero-order valence-corrected chi connectivity index (χ0v) is 14.5. The van der Waals surface area contributed by atoms with E-state index < -0.39 is 0 Å². The summed E-state index contributed by atoms with van der Waals surface area (Å²) in [6.45, 7) is 4.51. The van der Waals surface area contributed by atoms with E-state index in [4.69, 9.17) is 4.74 Å². The van der Waals surface area contributed by atoms with Crippen molar-refractivity contribution in [2.45, 2.75) is 44.8 Å². The van der Waals surface area contributed by atoms with Crippen LogP contribution < -0.4 is 10.2 Å². The number of rotatable bonds is 4. The van der Waals surface area contributed by atoms with Gasteiger partial charge in [-0.2, -0.15) is 4.52 Å². The molecule has 1 N–H and O–H groups in total. The minimum atomic E-state index is 0.0683. The number of anilines is 1. The zero-order valence-electron chi connectivity index (χ0n) is 14.5. The van der Waals surface area contributed by atoms with Gasteiger partial charge in [-0.15, -0.1) is 15.3 Å². The number of amides is 1. The van der Waals surface area contributed by atoms with E-state index in [2.05, 4.69) is 25.5 Å². The van der Waals surface area contributed by atoms with Crippen LogP contribution in [0.4, 0.5) is 5.82 Å². The Labute approximate surface area is 146 Å². The predicted molar refractivity (Wildman–Crippen MR) is 92.3 cm³/mol. The summed E-state index contributed by atoms with van der Waals surface area (Å²) in [6.07, 6.45) is 5.58. The van der Waals surface area contributed by atoms with Gasteiger partial charge in [0.25, 0.3) is 0 Å². The number of nitrogens with zero attached hydrogens (tertiary/aromatic N) is 5. The molecule has 4 heterocycles. The number of hydrogen-bond donors (Lipinski definition) is 1. The van der Waals surface area contributed by atoms with Crippen LogP contribution in [-0.2, 0) is 9.53 Å². The first-order chi connectivity index (χ1) is 12.2. The van der Waals surface area contributed by atoms with Crippen LogP contribution in [0, 0.1) is 5.92 Å². The van der Waals surface area contributed by atoms with Gasteiger partial charge in [-0.1, -0.05) is 0 Å². The van der Waals surface area contributed by atoms with Crippen LogP contribution in [0.2, 0.25) is 0 Å². The molecule has 0 aliphatic carbocycles. The van der Waals surface area contributed by atoms with Gasteiger partial charge in [-0.25, -0.2) is 0 Å². The minimum Gasteiger partial charge on any atom is -0.376 e. The molecule has 0 saturated carbocycles. The van der Waals surface area contributed by atoms with Gasteiger partial charge in [0.05, 0.1) is 12.1 Å². The lowest BCUT2D eigenvalue weighted by atomic mass is 9.95. The molecule has 2 aromatic heterocycles. The highest BCUT2D eigenvalue weighted by Crippen LogP contribution is 2.23.